The maximum absolute atomic E-state index is 11.4. The average Bonchev–Trinajstić information content (AvgIpc) is 3.45. The van der Waals surface area contributed by atoms with Crippen molar-refractivity contribution >= 4 is 29.6 Å². The van der Waals surface area contributed by atoms with Gasteiger partial charge >= 0.3 is 7.82 Å². The molecule has 9 rings (SSSR count). The van der Waals surface area contributed by atoms with E-state index >= 15 is 0 Å². The molecular formula is C15H30B3N15O11P. The molecule has 0 aromatic rings. The highest BCUT2D eigenvalue weighted by Crippen LogP contribution is 2.44. The van der Waals surface area contributed by atoms with Crippen LogP contribution < -0.4 is 11.1 Å². The van der Waals surface area contributed by atoms with Crippen LogP contribution in [0.1, 0.15) is 0 Å². The number of fused-ring (bicyclic) bond motifs is 13. The average molecular weight is 660 g/mol. The topological polar surface area (TPSA) is 231 Å². The quantitative estimate of drug-likeness (QED) is 0.110. The maximum Gasteiger partial charge on any atom is 0.469 e. The smallest absolute Gasteiger partial charge is 0.388 e. The zero-order valence-electron chi connectivity index (χ0n) is 23.7. The molecule has 0 aromatic heterocycles. The molecule has 30 heteroatoms. The summed E-state index contributed by atoms with van der Waals surface area (Å²) in [4.78, 5) is 32.2. The Labute approximate surface area is 256 Å². The van der Waals surface area contributed by atoms with Crippen molar-refractivity contribution in [2.45, 2.75) is 54.7 Å². The molecule has 4 bridgehead atoms. The van der Waals surface area contributed by atoms with Crippen molar-refractivity contribution in [3.05, 3.63) is 0 Å². The normalized spacial score (nSPS) is 45.3. The standard InChI is InChI=1S/C15H30B3N15O11P/c1-21-22(2)31-24-6-26-25(5-23(24)30(21)31)32-27(17-13-10(35)9(34)7(42-13)3-40-33(26)32)15-18(16)14-11(36)12(44-29-20-19-28(15)29)8(43-14)4-41-45(37,38)39/h7-15,19-20,34-36H,3-6H2,1-2H3,(H2,37,38,39)/t7?,8?,9?,10?,11?,12?,13?,14?,15-/m1/s1. The second-order valence-electron chi connectivity index (χ2n) is 11.6. The molecule has 9 saturated heterocycles. The van der Waals surface area contributed by atoms with Gasteiger partial charge in [0.1, 0.15) is 56.6 Å². The molecule has 9 heterocycles. The summed E-state index contributed by atoms with van der Waals surface area (Å²) in [5, 5.41) is 53.7. The van der Waals surface area contributed by atoms with E-state index in [0.29, 0.717) is 13.3 Å². The molecule has 9 fully saturated rings. The van der Waals surface area contributed by atoms with Crippen LogP contribution in [0.25, 0.3) is 0 Å². The van der Waals surface area contributed by atoms with E-state index in [9.17, 15) is 29.7 Å². The van der Waals surface area contributed by atoms with E-state index < -0.39 is 75.7 Å². The van der Waals surface area contributed by atoms with Crippen LogP contribution in [0.3, 0.4) is 0 Å². The predicted molar refractivity (Wildman–Crippen MR) is 137 cm³/mol. The van der Waals surface area contributed by atoms with Crippen LogP contribution in [0.2, 0.25) is 0 Å². The zero-order chi connectivity index (χ0) is 31.3. The molecule has 8 unspecified atom stereocenters. The number of rotatable bonds is 4. The summed E-state index contributed by atoms with van der Waals surface area (Å²) >= 11 is 0. The minimum Gasteiger partial charge on any atom is -0.388 e. The fourth-order valence-electron chi connectivity index (χ4n) is 6.70. The molecule has 26 nitrogen and oxygen atoms in total. The lowest BCUT2D eigenvalue weighted by molar-refractivity contribution is -0.783. The van der Waals surface area contributed by atoms with Crippen LogP contribution in [-0.4, -0.2) is 209 Å². The summed E-state index contributed by atoms with van der Waals surface area (Å²) in [5.74, 6) is 0. The third kappa shape index (κ3) is 4.31. The van der Waals surface area contributed by atoms with Gasteiger partial charge in [-0.2, -0.15) is 5.53 Å². The summed E-state index contributed by atoms with van der Waals surface area (Å²) in [6, 6.07) is -3.15. The monoisotopic (exact) mass is 660 g/mol. The van der Waals surface area contributed by atoms with E-state index in [2.05, 4.69) is 15.6 Å². The van der Waals surface area contributed by atoms with Crippen molar-refractivity contribution in [3.8, 4) is 0 Å². The zero-order valence-corrected chi connectivity index (χ0v) is 24.6. The first-order valence-corrected chi connectivity index (χ1v) is 15.6. The van der Waals surface area contributed by atoms with Gasteiger partial charge in [0.05, 0.1) is 24.7 Å². The summed E-state index contributed by atoms with van der Waals surface area (Å²) < 4.78 is 28.1. The van der Waals surface area contributed by atoms with Crippen molar-refractivity contribution in [1.29, 1.82) is 0 Å². The molecule has 9 atom stereocenters. The maximum atomic E-state index is 11.4. The van der Waals surface area contributed by atoms with E-state index in [0.717, 1.165) is 5.28 Å². The van der Waals surface area contributed by atoms with Crippen LogP contribution in [0.5, 0.6) is 0 Å². The molecule has 0 aromatic carbocycles. The van der Waals surface area contributed by atoms with Gasteiger partial charge in [-0.05, 0) is 15.7 Å². The second-order valence-corrected chi connectivity index (χ2v) is 12.8. The molecule has 0 aliphatic carbocycles. The van der Waals surface area contributed by atoms with Crippen molar-refractivity contribution in [2.75, 3.05) is 40.6 Å². The van der Waals surface area contributed by atoms with Gasteiger partial charge < -0.3 is 34.6 Å². The summed E-state index contributed by atoms with van der Waals surface area (Å²) in [7, 11) is 7.36. The van der Waals surface area contributed by atoms with E-state index in [1.165, 1.54) is 10.4 Å². The molecular weight excluding hydrogens is 630 g/mol. The molecule has 45 heavy (non-hydrogen) atoms. The lowest BCUT2D eigenvalue weighted by atomic mass is 9.26. The molecule has 0 saturated carbocycles. The van der Waals surface area contributed by atoms with Gasteiger partial charge in [0.2, 0.25) is 0 Å². The molecule has 3 radical (unpaired) electrons. The Morgan fingerprint density at radius 3 is 2.33 bits per heavy atom. The SMILES string of the molecule is [B]B1C2OC(COP(=O)(O)O)C(ON3NNN3[C@H]1N1[B]C3OC(CON4N5CN6N(CN5N14)N1N(C)N(C)N61)C(O)C3O)C2O. The second kappa shape index (κ2) is 10.5. The van der Waals surface area contributed by atoms with E-state index in [-0.39, 0.29) is 6.61 Å². The Kier molecular flexibility index (Phi) is 7.09. The van der Waals surface area contributed by atoms with Crippen molar-refractivity contribution < 1.29 is 53.3 Å². The highest BCUT2D eigenvalue weighted by atomic mass is 31.2. The number of ether oxygens (including phenoxy) is 2. The lowest BCUT2D eigenvalue weighted by Gasteiger charge is -2.77. The van der Waals surface area contributed by atoms with E-state index in [1.807, 2.05) is 50.1 Å². The van der Waals surface area contributed by atoms with Crippen molar-refractivity contribution in [1.82, 2.24) is 78.1 Å². The number of nitrogens with one attached hydrogen (secondary N) is 2. The van der Waals surface area contributed by atoms with Gasteiger partial charge in [0.25, 0.3) is 7.41 Å². The van der Waals surface area contributed by atoms with Gasteiger partial charge in [-0.15, -0.1) is 36.2 Å². The highest BCUT2D eigenvalue weighted by molar-refractivity contribution is 7.46. The minimum atomic E-state index is -4.85. The predicted octanol–water partition coefficient (Wildman–Crippen LogP) is -8.90. The first kappa shape index (κ1) is 30.5. The van der Waals surface area contributed by atoms with Crippen LogP contribution in [0.15, 0.2) is 0 Å². The molecule has 9 aliphatic rings. The minimum absolute atomic E-state index is 0.0949. The number of nitrogens with zero attached hydrogens (tertiary/aromatic N) is 13. The lowest BCUT2D eigenvalue weighted by Crippen LogP contribution is -3.01. The Bertz CT molecular complexity index is 1260. The fourth-order valence-corrected chi connectivity index (χ4v) is 7.05. The summed E-state index contributed by atoms with van der Waals surface area (Å²) in [5.41, 5.74) is 5.61. The largest absolute Gasteiger partial charge is 0.469 e. The van der Waals surface area contributed by atoms with Crippen LogP contribution >= 0.6 is 7.82 Å². The van der Waals surface area contributed by atoms with Crippen molar-refractivity contribution in [3.63, 3.8) is 0 Å². The fraction of sp³-hybridized carbons (Fsp3) is 1.00. The van der Waals surface area contributed by atoms with Gasteiger partial charge in [0.15, 0.2) is 6.60 Å². The Balaban J connectivity index is 1.05. The molecule has 0 spiro atoms. The molecule has 0 amide bonds. The molecule has 245 valence electrons. The van der Waals surface area contributed by atoms with Crippen LogP contribution in [0, 0.1) is 0 Å². The number of hydrazine groups is 16. The van der Waals surface area contributed by atoms with Crippen LogP contribution in [-0.2, 0) is 28.2 Å². The number of hydrogen-bond acceptors (Lipinski definition) is 24. The van der Waals surface area contributed by atoms with Gasteiger partial charge in [0, 0.05) is 27.1 Å². The first-order valence-electron chi connectivity index (χ1n) is 14.0. The molecule has 7 N–H and O–H groups in total. The summed E-state index contributed by atoms with van der Waals surface area (Å²) in [6.07, 6.45) is -6.96. The highest BCUT2D eigenvalue weighted by Gasteiger charge is 2.68. The van der Waals surface area contributed by atoms with Gasteiger partial charge in [-0.25, -0.2) is 9.48 Å². The van der Waals surface area contributed by atoms with Gasteiger partial charge in [-0.1, -0.05) is 10.3 Å². The number of phosphoric acid groups is 1. The van der Waals surface area contributed by atoms with Crippen LogP contribution in [0.4, 0.5) is 0 Å². The third-order valence-corrected chi connectivity index (χ3v) is 9.55. The number of phosphoric ester groups is 1. The van der Waals surface area contributed by atoms with E-state index in [1.54, 1.807) is 22.7 Å². The molecule has 9 aliphatic heterocycles. The van der Waals surface area contributed by atoms with Crippen molar-refractivity contribution in [2.24, 2.45) is 0 Å². The number of aliphatic hydroxyl groups excluding tert-OH is 3. The first-order chi connectivity index (χ1) is 21.4. The van der Waals surface area contributed by atoms with Gasteiger partial charge in [-0.3, -0.25) is 14.2 Å². The number of aliphatic hydroxyl groups is 3. The third-order valence-electron chi connectivity index (χ3n) is 9.07. The van der Waals surface area contributed by atoms with E-state index in [4.69, 9.17) is 26.9 Å². The number of hydrogen-bond donors (Lipinski definition) is 7. The Hall–Kier alpha value is -0.575. The summed E-state index contributed by atoms with van der Waals surface area (Å²) in [6.45, 7) is -1.14. The Morgan fingerprint density at radius 1 is 0.978 bits per heavy atom. The Morgan fingerprint density at radius 2 is 1.67 bits per heavy atom.